The van der Waals surface area contributed by atoms with Crippen LogP contribution in [0.1, 0.15) is 27.2 Å². The molecule has 0 radical (unpaired) electrons. The van der Waals surface area contributed by atoms with E-state index in [4.69, 9.17) is 11.6 Å². The van der Waals surface area contributed by atoms with Gasteiger partial charge < -0.3 is 14.7 Å². The van der Waals surface area contributed by atoms with E-state index in [0.29, 0.717) is 17.9 Å². The Balaban J connectivity index is 2.30. The van der Waals surface area contributed by atoms with Crippen LogP contribution in [0.2, 0.25) is 5.28 Å². The van der Waals surface area contributed by atoms with Gasteiger partial charge in [0.15, 0.2) is 0 Å². The maximum atomic E-state index is 6.12. The third-order valence-electron chi connectivity index (χ3n) is 3.93. The average Bonchev–Trinajstić information content (AvgIpc) is 2.60. The second-order valence-electron chi connectivity index (χ2n) is 5.53. The summed E-state index contributed by atoms with van der Waals surface area (Å²) in [6.45, 7) is 11.1. The van der Waals surface area contributed by atoms with Gasteiger partial charge in [0.05, 0.1) is 0 Å². The molecule has 0 spiro atoms. The summed E-state index contributed by atoms with van der Waals surface area (Å²) in [4.78, 5) is 19.9. The molecule has 0 amide bonds. The van der Waals surface area contributed by atoms with Crippen LogP contribution >= 0.6 is 11.6 Å². The Morgan fingerprint density at radius 3 is 2.57 bits per heavy atom. The first-order valence-corrected chi connectivity index (χ1v) is 8.04. The third kappa shape index (κ3) is 3.95. The van der Waals surface area contributed by atoms with Gasteiger partial charge in [0.2, 0.25) is 17.2 Å². The Morgan fingerprint density at radius 1 is 1.19 bits per heavy atom. The first-order chi connectivity index (χ1) is 10.0. The summed E-state index contributed by atoms with van der Waals surface area (Å²) in [6.07, 6.45) is 1.10. The van der Waals surface area contributed by atoms with E-state index in [9.17, 15) is 0 Å². The molecule has 7 heteroatoms. The van der Waals surface area contributed by atoms with Gasteiger partial charge in [-0.05, 0) is 52.4 Å². The predicted molar refractivity (Wildman–Crippen MR) is 87.3 cm³/mol. The van der Waals surface area contributed by atoms with Crippen LogP contribution in [0.15, 0.2) is 0 Å². The highest BCUT2D eigenvalue weighted by Gasteiger charge is 2.23. The molecule has 1 aromatic rings. The molecule has 1 unspecified atom stereocenters. The Morgan fingerprint density at radius 2 is 1.90 bits per heavy atom. The minimum Gasteiger partial charge on any atom is -0.341 e. The number of halogens is 1. The van der Waals surface area contributed by atoms with Gasteiger partial charge in [0, 0.05) is 32.2 Å². The van der Waals surface area contributed by atoms with Crippen molar-refractivity contribution in [1.29, 1.82) is 0 Å². The number of aromatic nitrogens is 3. The van der Waals surface area contributed by atoms with Crippen LogP contribution in [0.3, 0.4) is 0 Å². The molecule has 21 heavy (non-hydrogen) atoms. The number of nitrogens with zero attached hydrogens (tertiary/aromatic N) is 6. The zero-order valence-corrected chi connectivity index (χ0v) is 14.1. The summed E-state index contributed by atoms with van der Waals surface area (Å²) in [7, 11) is 2.15. The van der Waals surface area contributed by atoms with Crippen LogP contribution in [-0.4, -0.2) is 65.7 Å². The first-order valence-electron chi connectivity index (χ1n) is 7.66. The van der Waals surface area contributed by atoms with E-state index in [2.05, 4.69) is 57.5 Å². The van der Waals surface area contributed by atoms with Crippen molar-refractivity contribution in [3.8, 4) is 0 Å². The quantitative estimate of drug-likeness (QED) is 0.846. The van der Waals surface area contributed by atoms with Gasteiger partial charge in [-0.2, -0.15) is 15.0 Å². The Bertz CT molecular complexity index is 465. The first kappa shape index (κ1) is 16.2. The van der Waals surface area contributed by atoms with Crippen molar-refractivity contribution in [1.82, 2.24) is 19.9 Å². The molecule has 0 N–H and O–H groups in total. The number of rotatable bonds is 4. The van der Waals surface area contributed by atoms with Crippen molar-refractivity contribution in [2.24, 2.45) is 0 Å². The maximum absolute atomic E-state index is 6.12. The topological polar surface area (TPSA) is 48.4 Å². The SMILES string of the molecule is CCN(CC)c1nc(Cl)nc(N2CCCN(C)CC2C)n1. The van der Waals surface area contributed by atoms with Crippen LogP contribution < -0.4 is 9.80 Å². The minimum absolute atomic E-state index is 0.270. The summed E-state index contributed by atoms with van der Waals surface area (Å²) in [5, 5.41) is 0.270. The monoisotopic (exact) mass is 312 g/mol. The molecule has 0 aliphatic carbocycles. The van der Waals surface area contributed by atoms with E-state index in [1.165, 1.54) is 0 Å². The fourth-order valence-corrected chi connectivity index (χ4v) is 2.93. The van der Waals surface area contributed by atoms with Crippen molar-refractivity contribution in [2.75, 3.05) is 49.6 Å². The largest absolute Gasteiger partial charge is 0.341 e. The molecule has 6 nitrogen and oxygen atoms in total. The highest BCUT2D eigenvalue weighted by Crippen LogP contribution is 2.20. The summed E-state index contributed by atoms with van der Waals surface area (Å²) < 4.78 is 0. The van der Waals surface area contributed by atoms with Crippen LogP contribution in [0.4, 0.5) is 11.9 Å². The molecule has 1 fully saturated rings. The van der Waals surface area contributed by atoms with Gasteiger partial charge in [-0.25, -0.2) is 0 Å². The van der Waals surface area contributed by atoms with Gasteiger partial charge >= 0.3 is 0 Å². The molecule has 0 bridgehead atoms. The normalized spacial score (nSPS) is 20.4. The lowest BCUT2D eigenvalue weighted by Gasteiger charge is -2.29. The standard InChI is InChI=1S/C14H25ClN6/c1-5-20(6-2)13-16-12(15)17-14(18-13)21-9-7-8-19(4)10-11(21)3/h11H,5-10H2,1-4H3. The minimum atomic E-state index is 0.270. The molecule has 118 valence electrons. The van der Waals surface area contributed by atoms with E-state index in [1.54, 1.807) is 0 Å². The highest BCUT2D eigenvalue weighted by molar-refractivity contribution is 6.28. The lowest BCUT2D eigenvalue weighted by Crippen LogP contribution is -2.39. The molecule has 1 atom stereocenters. The third-order valence-corrected chi connectivity index (χ3v) is 4.10. The van der Waals surface area contributed by atoms with Gasteiger partial charge in [0.1, 0.15) is 0 Å². The van der Waals surface area contributed by atoms with Crippen LogP contribution in [-0.2, 0) is 0 Å². The fourth-order valence-electron chi connectivity index (χ4n) is 2.78. The molecule has 1 aromatic heterocycles. The molecule has 2 rings (SSSR count). The number of likely N-dealkylation sites (N-methyl/N-ethyl adjacent to an activating group) is 1. The zero-order valence-electron chi connectivity index (χ0n) is 13.4. The lowest BCUT2D eigenvalue weighted by atomic mass is 10.3. The molecule has 1 aliphatic heterocycles. The maximum Gasteiger partial charge on any atom is 0.231 e. The second kappa shape index (κ2) is 7.22. The summed E-state index contributed by atoms with van der Waals surface area (Å²) >= 11 is 6.12. The van der Waals surface area contributed by atoms with E-state index in [-0.39, 0.29) is 5.28 Å². The summed E-state index contributed by atoms with van der Waals surface area (Å²) in [5.74, 6) is 1.36. The second-order valence-corrected chi connectivity index (χ2v) is 5.87. The van der Waals surface area contributed by atoms with Crippen LogP contribution in [0.25, 0.3) is 0 Å². The molecule has 1 aliphatic rings. The highest BCUT2D eigenvalue weighted by atomic mass is 35.5. The van der Waals surface area contributed by atoms with Crippen molar-refractivity contribution in [2.45, 2.75) is 33.2 Å². The van der Waals surface area contributed by atoms with Gasteiger partial charge in [-0.3, -0.25) is 0 Å². The molecule has 1 saturated heterocycles. The van der Waals surface area contributed by atoms with Gasteiger partial charge in [0.25, 0.3) is 0 Å². The lowest BCUT2D eigenvalue weighted by molar-refractivity contribution is 0.337. The van der Waals surface area contributed by atoms with Crippen molar-refractivity contribution in [3.05, 3.63) is 5.28 Å². The summed E-state index contributed by atoms with van der Waals surface area (Å²) in [6, 6.07) is 0.362. The fraction of sp³-hybridized carbons (Fsp3) is 0.786. The van der Waals surface area contributed by atoms with Crippen LogP contribution in [0, 0.1) is 0 Å². The Kier molecular flexibility index (Phi) is 5.58. The van der Waals surface area contributed by atoms with E-state index in [0.717, 1.165) is 39.1 Å². The van der Waals surface area contributed by atoms with E-state index < -0.39 is 0 Å². The average molecular weight is 313 g/mol. The molecular formula is C14H25ClN6. The Labute approximate surface area is 132 Å². The van der Waals surface area contributed by atoms with Crippen molar-refractivity contribution >= 4 is 23.5 Å². The van der Waals surface area contributed by atoms with Crippen molar-refractivity contribution in [3.63, 3.8) is 0 Å². The Hall–Kier alpha value is -1.14. The number of anilines is 2. The number of hydrogen-bond acceptors (Lipinski definition) is 6. The number of hydrogen-bond donors (Lipinski definition) is 0. The molecular weight excluding hydrogens is 288 g/mol. The summed E-state index contributed by atoms with van der Waals surface area (Å²) in [5.41, 5.74) is 0. The smallest absolute Gasteiger partial charge is 0.231 e. The molecule has 0 aromatic carbocycles. The van der Waals surface area contributed by atoms with E-state index >= 15 is 0 Å². The van der Waals surface area contributed by atoms with Crippen LogP contribution in [0.5, 0.6) is 0 Å². The van der Waals surface area contributed by atoms with E-state index in [1.807, 2.05) is 0 Å². The molecule has 0 saturated carbocycles. The van der Waals surface area contributed by atoms with Gasteiger partial charge in [-0.15, -0.1) is 0 Å². The van der Waals surface area contributed by atoms with Gasteiger partial charge in [-0.1, -0.05) is 0 Å². The van der Waals surface area contributed by atoms with Crippen molar-refractivity contribution < 1.29 is 0 Å². The zero-order chi connectivity index (χ0) is 15.4. The molecule has 2 heterocycles. The predicted octanol–water partition coefficient (Wildman–Crippen LogP) is 1.90.